The smallest absolute Gasteiger partial charge is 0.244 e. The second kappa shape index (κ2) is 8.75. The Morgan fingerprint density at radius 3 is 2.27 bits per heavy atom. The summed E-state index contributed by atoms with van der Waals surface area (Å²) in [6.07, 6.45) is 0.0113. The van der Waals surface area contributed by atoms with Crippen molar-refractivity contribution in [2.75, 3.05) is 14.2 Å². The maximum absolute atomic E-state index is 12.6. The number of methoxy groups -OCH3 is 2. The lowest BCUT2D eigenvalue weighted by molar-refractivity contribution is 0.230. The molecule has 2 aromatic carbocycles. The minimum absolute atomic E-state index is 0.0113. The summed E-state index contributed by atoms with van der Waals surface area (Å²) in [6.45, 7) is 3.95. The first-order chi connectivity index (χ1) is 12.3. The second-order valence-corrected chi connectivity index (χ2v) is 8.42. The highest BCUT2D eigenvalue weighted by molar-refractivity contribution is 9.10. The van der Waals surface area contributed by atoms with Crippen LogP contribution in [0.5, 0.6) is 17.2 Å². The van der Waals surface area contributed by atoms with Crippen molar-refractivity contribution >= 4 is 26.0 Å². The van der Waals surface area contributed by atoms with Crippen LogP contribution in [0.4, 0.5) is 0 Å². The molecule has 142 valence electrons. The van der Waals surface area contributed by atoms with Gasteiger partial charge in [0.25, 0.3) is 0 Å². The summed E-state index contributed by atoms with van der Waals surface area (Å²) in [7, 11) is -0.774. The number of hydrogen-bond donors (Lipinski definition) is 1. The first-order valence-corrected chi connectivity index (χ1v) is 10.2. The maximum Gasteiger partial charge on any atom is 0.244 e. The molecule has 0 heterocycles. The molecule has 0 amide bonds. The number of rotatable bonds is 8. The molecular weight excluding hydrogens is 422 g/mol. The minimum Gasteiger partial charge on any atom is -0.495 e. The molecular formula is C18H22BrNO5S. The van der Waals surface area contributed by atoms with E-state index in [0.29, 0.717) is 16.0 Å². The van der Waals surface area contributed by atoms with Crippen molar-refractivity contribution < 1.29 is 22.6 Å². The fourth-order valence-corrected chi connectivity index (χ4v) is 4.01. The molecule has 0 fully saturated rings. The molecule has 2 aromatic rings. The molecule has 0 aliphatic heterocycles. The van der Waals surface area contributed by atoms with E-state index in [1.54, 1.807) is 37.4 Å². The average molecular weight is 444 g/mol. The van der Waals surface area contributed by atoms with Crippen molar-refractivity contribution in [3.05, 3.63) is 46.4 Å². The van der Waals surface area contributed by atoms with E-state index in [2.05, 4.69) is 20.7 Å². The molecule has 0 aliphatic rings. The number of ether oxygens (including phenoxy) is 3. The van der Waals surface area contributed by atoms with Gasteiger partial charge in [-0.15, -0.1) is 0 Å². The third-order valence-corrected chi connectivity index (χ3v) is 5.39. The van der Waals surface area contributed by atoms with Gasteiger partial charge in [0.1, 0.15) is 10.6 Å². The zero-order valence-electron chi connectivity index (χ0n) is 15.1. The average Bonchev–Trinajstić information content (AvgIpc) is 2.60. The highest BCUT2D eigenvalue weighted by atomic mass is 79.9. The molecule has 0 saturated carbocycles. The monoisotopic (exact) mass is 443 g/mol. The number of halogens is 1. The normalized spacial score (nSPS) is 11.5. The van der Waals surface area contributed by atoms with E-state index in [1.807, 2.05) is 13.8 Å². The lowest BCUT2D eigenvalue weighted by Gasteiger charge is -2.15. The summed E-state index contributed by atoms with van der Waals surface area (Å²) in [5.41, 5.74) is 0.746. The molecule has 0 saturated heterocycles. The molecule has 0 spiro atoms. The molecule has 2 rings (SSSR count). The zero-order chi connectivity index (χ0) is 19.3. The number of benzene rings is 2. The fraction of sp³-hybridized carbons (Fsp3) is 0.333. The van der Waals surface area contributed by atoms with Gasteiger partial charge in [-0.3, -0.25) is 0 Å². The van der Waals surface area contributed by atoms with Crippen molar-refractivity contribution in [1.29, 1.82) is 0 Å². The van der Waals surface area contributed by atoms with Gasteiger partial charge < -0.3 is 14.2 Å². The van der Waals surface area contributed by atoms with Gasteiger partial charge in [0.15, 0.2) is 11.5 Å². The predicted octanol–water partition coefficient (Wildman–Crippen LogP) is 3.73. The van der Waals surface area contributed by atoms with E-state index in [4.69, 9.17) is 14.2 Å². The van der Waals surface area contributed by atoms with Crippen LogP contribution < -0.4 is 18.9 Å². The van der Waals surface area contributed by atoms with Crippen LogP contribution in [0.2, 0.25) is 0 Å². The zero-order valence-corrected chi connectivity index (χ0v) is 17.5. The molecule has 0 radical (unpaired) electrons. The Hall–Kier alpha value is -1.77. The van der Waals surface area contributed by atoms with Crippen LogP contribution >= 0.6 is 15.9 Å². The van der Waals surface area contributed by atoms with E-state index in [0.717, 1.165) is 5.56 Å². The Morgan fingerprint density at radius 1 is 1.00 bits per heavy atom. The first kappa shape index (κ1) is 20.5. The van der Waals surface area contributed by atoms with Crippen molar-refractivity contribution in [3.8, 4) is 17.2 Å². The molecule has 0 aromatic heterocycles. The summed E-state index contributed by atoms with van der Waals surface area (Å²) in [5.74, 6) is 1.44. The molecule has 1 N–H and O–H groups in total. The Bertz CT molecular complexity index is 868. The van der Waals surface area contributed by atoms with Crippen molar-refractivity contribution in [1.82, 2.24) is 4.72 Å². The lowest BCUT2D eigenvalue weighted by Crippen LogP contribution is -2.23. The van der Waals surface area contributed by atoms with E-state index < -0.39 is 10.0 Å². The van der Waals surface area contributed by atoms with Crippen molar-refractivity contribution in [2.24, 2.45) is 0 Å². The maximum atomic E-state index is 12.6. The van der Waals surface area contributed by atoms with Crippen LogP contribution in [0, 0.1) is 0 Å². The summed E-state index contributed by atoms with van der Waals surface area (Å²) in [4.78, 5) is 0.0705. The Labute approximate surface area is 162 Å². The second-order valence-electron chi connectivity index (χ2n) is 5.77. The van der Waals surface area contributed by atoms with Gasteiger partial charge in [0.2, 0.25) is 10.0 Å². The molecule has 6 nitrogen and oxygen atoms in total. The number of hydrogen-bond acceptors (Lipinski definition) is 5. The molecule has 0 aliphatic carbocycles. The summed E-state index contributed by atoms with van der Waals surface area (Å²) in [6, 6.07) is 10.1. The van der Waals surface area contributed by atoms with Crippen LogP contribution in [0.1, 0.15) is 19.4 Å². The van der Waals surface area contributed by atoms with Crippen molar-refractivity contribution in [2.45, 2.75) is 31.4 Å². The van der Waals surface area contributed by atoms with Gasteiger partial charge in [-0.2, -0.15) is 0 Å². The van der Waals surface area contributed by atoms with E-state index >= 15 is 0 Å². The Balaban J connectivity index is 2.21. The third kappa shape index (κ3) is 5.12. The highest BCUT2D eigenvalue weighted by Gasteiger charge is 2.20. The standard InChI is InChI=1S/C18H22BrNO5S/c1-12(2)25-15-7-5-13(9-17(15)24-4)11-20-26(21,22)18-10-14(19)6-8-16(18)23-3/h5-10,12,20H,11H2,1-4H3. The van der Waals surface area contributed by atoms with Crippen LogP contribution in [0.15, 0.2) is 45.8 Å². The molecule has 0 atom stereocenters. The third-order valence-electron chi connectivity index (χ3n) is 3.47. The quantitative estimate of drug-likeness (QED) is 0.672. The molecule has 26 heavy (non-hydrogen) atoms. The van der Waals surface area contributed by atoms with Crippen LogP contribution in [0.3, 0.4) is 0 Å². The predicted molar refractivity (Wildman–Crippen MR) is 103 cm³/mol. The van der Waals surface area contributed by atoms with Crippen molar-refractivity contribution in [3.63, 3.8) is 0 Å². The Morgan fingerprint density at radius 2 is 1.65 bits per heavy atom. The van der Waals surface area contributed by atoms with Crippen LogP contribution in [-0.2, 0) is 16.6 Å². The lowest BCUT2D eigenvalue weighted by atomic mass is 10.2. The fourth-order valence-electron chi connectivity index (χ4n) is 2.29. The van der Waals surface area contributed by atoms with Gasteiger partial charge in [-0.1, -0.05) is 22.0 Å². The van der Waals surface area contributed by atoms with Gasteiger partial charge in [-0.25, -0.2) is 13.1 Å². The number of nitrogens with one attached hydrogen (secondary N) is 1. The summed E-state index contributed by atoms with van der Waals surface area (Å²) >= 11 is 3.28. The minimum atomic E-state index is -3.75. The summed E-state index contributed by atoms with van der Waals surface area (Å²) < 4.78 is 44.6. The molecule has 0 bridgehead atoms. The first-order valence-electron chi connectivity index (χ1n) is 7.93. The highest BCUT2D eigenvalue weighted by Crippen LogP contribution is 2.30. The van der Waals surface area contributed by atoms with Gasteiger partial charge in [0.05, 0.1) is 20.3 Å². The van der Waals surface area contributed by atoms with E-state index in [1.165, 1.54) is 13.2 Å². The molecule has 0 unspecified atom stereocenters. The topological polar surface area (TPSA) is 73.9 Å². The van der Waals surface area contributed by atoms with Gasteiger partial charge in [0, 0.05) is 11.0 Å². The summed E-state index contributed by atoms with van der Waals surface area (Å²) in [5, 5.41) is 0. The van der Waals surface area contributed by atoms with Crippen LogP contribution in [-0.4, -0.2) is 28.7 Å². The van der Waals surface area contributed by atoms with Gasteiger partial charge >= 0.3 is 0 Å². The largest absolute Gasteiger partial charge is 0.495 e. The van der Waals surface area contributed by atoms with Gasteiger partial charge in [-0.05, 0) is 49.7 Å². The molecule has 8 heteroatoms. The number of sulfonamides is 1. The Kier molecular flexibility index (Phi) is 6.91. The van der Waals surface area contributed by atoms with E-state index in [-0.39, 0.29) is 23.3 Å². The van der Waals surface area contributed by atoms with E-state index in [9.17, 15) is 8.42 Å². The van der Waals surface area contributed by atoms with Crippen LogP contribution in [0.25, 0.3) is 0 Å². The SMILES string of the molecule is COc1cc(CNS(=O)(=O)c2cc(Br)ccc2OC)ccc1OC(C)C.